The first kappa shape index (κ1) is 37.9. The van der Waals surface area contributed by atoms with Gasteiger partial charge in [0.1, 0.15) is 17.5 Å². The number of imidazole rings is 1. The van der Waals surface area contributed by atoms with Crippen molar-refractivity contribution in [2.24, 2.45) is 13.0 Å². The number of rotatable bonds is 10. The van der Waals surface area contributed by atoms with Gasteiger partial charge in [-0.1, -0.05) is 0 Å². The number of aromatic nitrogens is 7. The van der Waals surface area contributed by atoms with Crippen LogP contribution in [0.25, 0.3) is 27.7 Å². The van der Waals surface area contributed by atoms with Crippen molar-refractivity contribution in [3.05, 3.63) is 84.7 Å². The third-order valence-electron chi connectivity index (χ3n) is 11.8. The van der Waals surface area contributed by atoms with E-state index in [-0.39, 0.29) is 36.4 Å². The molecule has 304 valence electrons. The molecule has 17 nitrogen and oxygen atoms in total. The van der Waals surface area contributed by atoms with Gasteiger partial charge in [-0.15, -0.1) is 0 Å². The molecule has 1 atom stereocenters. The normalized spacial score (nSPS) is 18.3. The van der Waals surface area contributed by atoms with Crippen LogP contribution in [0.3, 0.4) is 0 Å². The van der Waals surface area contributed by atoms with Gasteiger partial charge < -0.3 is 25.2 Å². The highest BCUT2D eigenvalue weighted by molar-refractivity contribution is 6.07. The van der Waals surface area contributed by atoms with Gasteiger partial charge in [0.25, 0.3) is 11.8 Å². The summed E-state index contributed by atoms with van der Waals surface area (Å²) in [6.45, 7) is 4.87. The number of likely N-dealkylation sites (tertiary alicyclic amines) is 1. The molecular formula is C42H46N12O5. The Morgan fingerprint density at radius 1 is 0.932 bits per heavy atom. The van der Waals surface area contributed by atoms with Crippen LogP contribution in [0.2, 0.25) is 0 Å². The zero-order valence-corrected chi connectivity index (χ0v) is 33.0. The zero-order chi connectivity index (χ0) is 40.6. The maximum Gasteiger partial charge on any atom is 0.276 e. The van der Waals surface area contributed by atoms with Crippen LogP contribution in [-0.2, 0) is 16.6 Å². The number of piperidine rings is 3. The van der Waals surface area contributed by atoms with E-state index in [0.717, 1.165) is 86.1 Å². The van der Waals surface area contributed by atoms with Gasteiger partial charge in [0, 0.05) is 105 Å². The summed E-state index contributed by atoms with van der Waals surface area (Å²) in [6.07, 6.45) is 13.8. The van der Waals surface area contributed by atoms with E-state index in [1.54, 1.807) is 46.0 Å². The van der Waals surface area contributed by atoms with Gasteiger partial charge >= 0.3 is 0 Å². The lowest BCUT2D eigenvalue weighted by Crippen LogP contribution is -2.52. The summed E-state index contributed by atoms with van der Waals surface area (Å²) in [5.41, 5.74) is 5.53. The van der Waals surface area contributed by atoms with Crippen LogP contribution >= 0.6 is 0 Å². The highest BCUT2D eigenvalue weighted by Crippen LogP contribution is 2.35. The summed E-state index contributed by atoms with van der Waals surface area (Å²) in [6, 6.07) is 12.5. The van der Waals surface area contributed by atoms with Gasteiger partial charge in [-0.3, -0.25) is 33.9 Å². The lowest BCUT2D eigenvalue weighted by molar-refractivity contribution is -0.134. The summed E-state index contributed by atoms with van der Waals surface area (Å²) in [5, 5.41) is 22.9. The average molecular weight is 799 g/mol. The first-order chi connectivity index (χ1) is 28.7. The van der Waals surface area contributed by atoms with Crippen molar-refractivity contribution in [1.82, 2.24) is 49.7 Å². The fourth-order valence-corrected chi connectivity index (χ4v) is 8.54. The van der Waals surface area contributed by atoms with Crippen molar-refractivity contribution < 1.29 is 23.9 Å². The Morgan fingerprint density at radius 3 is 2.53 bits per heavy atom. The lowest BCUT2D eigenvalue weighted by Gasteiger charge is -2.38. The molecule has 0 radical (unpaired) electrons. The Balaban J connectivity index is 0.802. The van der Waals surface area contributed by atoms with Gasteiger partial charge in [-0.2, -0.15) is 15.3 Å². The minimum absolute atomic E-state index is 0.190. The Hall–Kier alpha value is -6.62. The Bertz CT molecular complexity index is 2560. The predicted octanol–water partition coefficient (Wildman–Crippen LogP) is 3.83. The number of nitrogens with zero attached hydrogens (tertiary/aromatic N) is 9. The van der Waals surface area contributed by atoms with Gasteiger partial charge in [-0.05, 0) is 74.4 Å². The van der Waals surface area contributed by atoms with Gasteiger partial charge in [0.2, 0.25) is 11.8 Å². The molecule has 0 aliphatic carbocycles. The number of hydrogen-bond acceptors (Lipinski definition) is 11. The number of ether oxygens (including phenoxy) is 1. The first-order valence-electron chi connectivity index (χ1n) is 20.1. The molecule has 4 amide bonds. The minimum Gasteiger partial charge on any atom is -0.496 e. The number of anilines is 2. The molecule has 1 unspecified atom stereocenters. The minimum atomic E-state index is -0.752. The van der Waals surface area contributed by atoms with Crippen LogP contribution in [-0.4, -0.2) is 109 Å². The molecule has 6 aromatic rings. The van der Waals surface area contributed by atoms with Crippen molar-refractivity contribution in [3.63, 3.8) is 0 Å². The van der Waals surface area contributed by atoms with E-state index in [2.05, 4.69) is 51.8 Å². The monoisotopic (exact) mass is 798 g/mol. The summed E-state index contributed by atoms with van der Waals surface area (Å²) in [4.78, 5) is 59.3. The maximum absolute atomic E-state index is 13.4. The first-order valence-corrected chi connectivity index (χ1v) is 20.1. The van der Waals surface area contributed by atoms with Crippen LogP contribution < -0.4 is 25.6 Å². The maximum atomic E-state index is 13.4. The quantitative estimate of drug-likeness (QED) is 0.171. The smallest absolute Gasteiger partial charge is 0.276 e. The summed E-state index contributed by atoms with van der Waals surface area (Å²) >= 11 is 0. The van der Waals surface area contributed by atoms with E-state index in [4.69, 9.17) is 9.84 Å². The predicted molar refractivity (Wildman–Crippen MR) is 219 cm³/mol. The van der Waals surface area contributed by atoms with Crippen molar-refractivity contribution in [2.75, 3.05) is 50.1 Å². The standard InChI is InChI=1S/C42H46N12O5/c1-50-24-28(22-44-50)32-21-35-27(19-36(32)46-42(58)34-5-7-38-43-13-18-53(38)48-34)25-54(49-35)29-11-14-51(15-12-29)23-26-9-16-52(17-10-26)30-3-4-31(37(20-30)59-2)40(56)45-33-6-8-39(55)47-41(33)57/h3-5,7,13,18-22,24-26,29,33H,6,8-12,14-17,23H2,1-2H3,(H,45,56)(H,46,58)(H,47,55,57). The van der Waals surface area contributed by atoms with E-state index in [0.29, 0.717) is 28.6 Å². The zero-order valence-electron chi connectivity index (χ0n) is 33.0. The van der Waals surface area contributed by atoms with E-state index < -0.39 is 17.9 Å². The molecule has 0 saturated carbocycles. The van der Waals surface area contributed by atoms with Gasteiger partial charge in [0.05, 0.1) is 30.4 Å². The Kier molecular flexibility index (Phi) is 10.3. The molecular weight excluding hydrogens is 753 g/mol. The van der Waals surface area contributed by atoms with Crippen molar-refractivity contribution in [1.29, 1.82) is 0 Å². The molecule has 9 rings (SSSR count). The highest BCUT2D eigenvalue weighted by Gasteiger charge is 2.30. The SMILES string of the molecule is COc1cc(N2CCC(CN3CCC(n4cc5cc(NC(=O)c6ccc7nccn7n6)c(-c6cnn(C)c6)cc5n4)CC3)CC2)ccc1C(=O)NC1CCC(=O)NC1=O. The van der Waals surface area contributed by atoms with Gasteiger partial charge in [0.15, 0.2) is 5.65 Å². The molecule has 3 fully saturated rings. The number of hydrogen-bond donors (Lipinski definition) is 3. The van der Waals surface area contributed by atoms with Crippen molar-refractivity contribution in [3.8, 4) is 16.9 Å². The molecule has 3 N–H and O–H groups in total. The number of fused-ring (bicyclic) bond motifs is 2. The van der Waals surface area contributed by atoms with E-state index in [1.807, 2.05) is 37.5 Å². The molecule has 2 aromatic carbocycles. The number of nitrogens with one attached hydrogen (secondary N) is 3. The summed E-state index contributed by atoms with van der Waals surface area (Å²) in [7, 11) is 3.40. The van der Waals surface area contributed by atoms with Crippen LogP contribution in [0, 0.1) is 5.92 Å². The van der Waals surface area contributed by atoms with Gasteiger partial charge in [-0.25, -0.2) is 9.50 Å². The largest absolute Gasteiger partial charge is 0.496 e. The second kappa shape index (κ2) is 16.0. The van der Waals surface area contributed by atoms with Crippen molar-refractivity contribution >= 4 is 51.6 Å². The molecule has 7 heterocycles. The fourth-order valence-electron chi connectivity index (χ4n) is 8.54. The summed E-state index contributed by atoms with van der Waals surface area (Å²) in [5.74, 6) is -0.504. The lowest BCUT2D eigenvalue weighted by atomic mass is 9.94. The highest BCUT2D eigenvalue weighted by atomic mass is 16.5. The Labute approximate surface area is 339 Å². The fraction of sp³-hybridized carbons (Fsp3) is 0.381. The molecule has 3 aliphatic heterocycles. The topological polar surface area (TPSA) is 186 Å². The molecule has 59 heavy (non-hydrogen) atoms. The second-order valence-electron chi connectivity index (χ2n) is 15.7. The molecule has 4 aromatic heterocycles. The number of carbonyl (C=O) groups is 4. The third-order valence-corrected chi connectivity index (χ3v) is 11.8. The summed E-state index contributed by atoms with van der Waals surface area (Å²) < 4.78 is 11.0. The Morgan fingerprint density at radius 2 is 1.76 bits per heavy atom. The van der Waals surface area contributed by atoms with Crippen LogP contribution in [0.5, 0.6) is 5.75 Å². The van der Waals surface area contributed by atoms with E-state index in [1.165, 1.54) is 7.11 Å². The molecule has 0 bridgehead atoms. The second-order valence-corrected chi connectivity index (χ2v) is 15.7. The number of amides is 4. The van der Waals surface area contributed by atoms with E-state index in [9.17, 15) is 19.2 Å². The van der Waals surface area contributed by atoms with Crippen molar-refractivity contribution in [2.45, 2.75) is 50.6 Å². The van der Waals surface area contributed by atoms with Crippen LogP contribution in [0.4, 0.5) is 11.4 Å². The number of aryl methyl sites for hydroxylation is 1. The third kappa shape index (κ3) is 7.97. The average Bonchev–Trinajstić information content (AvgIpc) is 4.01. The molecule has 0 spiro atoms. The number of methoxy groups -OCH3 is 1. The molecule has 3 saturated heterocycles. The van der Waals surface area contributed by atoms with E-state index >= 15 is 0 Å². The number of imide groups is 1. The van der Waals surface area contributed by atoms with Crippen LogP contribution in [0.1, 0.15) is 65.4 Å². The number of benzene rings is 2. The molecule has 17 heteroatoms. The molecule has 3 aliphatic rings. The van der Waals surface area contributed by atoms with Crippen LogP contribution in [0.15, 0.2) is 73.4 Å². The number of carbonyl (C=O) groups excluding carboxylic acids is 4.